The number of thiazole rings is 2. The third-order valence-corrected chi connectivity index (χ3v) is 11.0. The SMILES string of the molecule is Cc1c(Nc2nc3ccccc3s2)nnc2c1CCCN2c1nc(C(=O)O)c(CCCOc2ccc(C#CCN3CCC(F)(F)CC3)cc2F)s1. The lowest BCUT2D eigenvalue weighted by Crippen LogP contribution is -2.39. The second kappa shape index (κ2) is 14.8. The van der Waals surface area contributed by atoms with Crippen molar-refractivity contribution >= 4 is 60.8 Å². The highest BCUT2D eigenvalue weighted by molar-refractivity contribution is 7.22. The molecule has 0 aliphatic carbocycles. The third kappa shape index (κ3) is 7.93. The summed E-state index contributed by atoms with van der Waals surface area (Å²) in [5.74, 6) is 2.89. The first-order valence-electron chi connectivity index (χ1n) is 16.6. The number of aromatic carboxylic acids is 1. The van der Waals surface area contributed by atoms with Crippen molar-refractivity contribution in [3.8, 4) is 17.6 Å². The van der Waals surface area contributed by atoms with Crippen molar-refractivity contribution in [2.75, 3.05) is 43.0 Å². The second-order valence-electron chi connectivity index (χ2n) is 12.4. The van der Waals surface area contributed by atoms with E-state index >= 15 is 0 Å². The molecule has 15 heteroatoms. The number of halogens is 3. The van der Waals surface area contributed by atoms with Gasteiger partial charge in [0.2, 0.25) is 0 Å². The normalized spacial score (nSPS) is 15.6. The summed E-state index contributed by atoms with van der Waals surface area (Å²) in [4.78, 5) is 25.7. The van der Waals surface area contributed by atoms with Gasteiger partial charge in [-0.05, 0) is 62.9 Å². The van der Waals surface area contributed by atoms with Crippen LogP contribution in [0.15, 0.2) is 42.5 Å². The molecule has 0 unspecified atom stereocenters. The zero-order valence-electron chi connectivity index (χ0n) is 27.7. The number of para-hydroxylation sites is 1. The number of carboxylic acid groups (broad SMARTS) is 1. The van der Waals surface area contributed by atoms with E-state index in [1.807, 2.05) is 41.0 Å². The van der Waals surface area contributed by atoms with Crippen LogP contribution < -0.4 is 15.0 Å². The fraction of sp³-hybridized carbons (Fsp3) is 0.361. The molecular formula is C36H34F3N7O3S2. The number of ether oxygens (including phenoxy) is 1. The number of alkyl halides is 2. The average molecular weight is 734 g/mol. The quantitative estimate of drug-likeness (QED) is 0.110. The number of hydrogen-bond donors (Lipinski definition) is 2. The molecule has 2 aliphatic heterocycles. The minimum atomic E-state index is -2.61. The second-order valence-corrected chi connectivity index (χ2v) is 14.5. The first-order chi connectivity index (χ1) is 24.6. The van der Waals surface area contributed by atoms with Gasteiger partial charge in [0.25, 0.3) is 5.92 Å². The molecule has 51 heavy (non-hydrogen) atoms. The van der Waals surface area contributed by atoms with Crippen LogP contribution in [0.2, 0.25) is 0 Å². The van der Waals surface area contributed by atoms with Gasteiger partial charge in [0.05, 0.1) is 23.4 Å². The molecule has 0 radical (unpaired) electrons. The molecule has 10 nitrogen and oxygen atoms in total. The summed E-state index contributed by atoms with van der Waals surface area (Å²) in [6.45, 7) is 3.69. The predicted molar refractivity (Wildman–Crippen MR) is 192 cm³/mol. The Balaban J connectivity index is 0.971. The molecule has 0 saturated carbocycles. The van der Waals surface area contributed by atoms with Gasteiger partial charge in [0, 0.05) is 54.0 Å². The van der Waals surface area contributed by atoms with Gasteiger partial charge in [0.15, 0.2) is 39.2 Å². The van der Waals surface area contributed by atoms with E-state index in [4.69, 9.17) is 4.74 Å². The number of carboxylic acids is 1. The smallest absolute Gasteiger partial charge is 0.355 e. The van der Waals surface area contributed by atoms with Crippen molar-refractivity contribution in [3.05, 3.63) is 75.5 Å². The van der Waals surface area contributed by atoms with Crippen LogP contribution in [0.4, 0.5) is 35.1 Å². The molecule has 1 fully saturated rings. The van der Waals surface area contributed by atoms with Crippen LogP contribution in [0.25, 0.3) is 10.2 Å². The molecule has 0 bridgehead atoms. The largest absolute Gasteiger partial charge is 0.491 e. The average Bonchev–Trinajstić information content (AvgIpc) is 3.73. The van der Waals surface area contributed by atoms with Gasteiger partial charge < -0.3 is 20.1 Å². The molecule has 2 aromatic carbocycles. The van der Waals surface area contributed by atoms with Crippen molar-refractivity contribution in [2.24, 2.45) is 0 Å². The fourth-order valence-corrected chi connectivity index (χ4v) is 8.09. The Morgan fingerprint density at radius 1 is 1.10 bits per heavy atom. The molecule has 1 saturated heterocycles. The molecule has 3 aromatic heterocycles. The third-order valence-electron chi connectivity index (χ3n) is 8.89. The van der Waals surface area contributed by atoms with Crippen LogP contribution in [0.3, 0.4) is 0 Å². The minimum absolute atomic E-state index is 0.0201. The van der Waals surface area contributed by atoms with Gasteiger partial charge in [-0.3, -0.25) is 4.90 Å². The first kappa shape index (κ1) is 34.7. The molecule has 5 aromatic rings. The molecule has 0 spiro atoms. The van der Waals surface area contributed by atoms with Crippen molar-refractivity contribution in [2.45, 2.75) is 51.4 Å². The maximum Gasteiger partial charge on any atom is 0.355 e. The summed E-state index contributed by atoms with van der Waals surface area (Å²) in [5.41, 5.74) is 3.33. The molecule has 0 amide bonds. The lowest BCUT2D eigenvalue weighted by atomic mass is 10.0. The van der Waals surface area contributed by atoms with Crippen LogP contribution in [0.1, 0.15) is 57.7 Å². The number of benzene rings is 2. The Kier molecular flexibility index (Phi) is 10.1. The summed E-state index contributed by atoms with van der Waals surface area (Å²) in [7, 11) is 0. The van der Waals surface area contributed by atoms with E-state index in [9.17, 15) is 23.1 Å². The van der Waals surface area contributed by atoms with Gasteiger partial charge >= 0.3 is 5.97 Å². The zero-order chi connectivity index (χ0) is 35.5. The van der Waals surface area contributed by atoms with Gasteiger partial charge in [-0.2, -0.15) is 0 Å². The number of fused-ring (bicyclic) bond motifs is 2. The highest BCUT2D eigenvalue weighted by Gasteiger charge is 2.33. The van der Waals surface area contributed by atoms with E-state index in [2.05, 4.69) is 37.3 Å². The Hall–Kier alpha value is -4.78. The highest BCUT2D eigenvalue weighted by Crippen LogP contribution is 2.39. The summed E-state index contributed by atoms with van der Waals surface area (Å²) in [5, 5.41) is 23.6. The lowest BCUT2D eigenvalue weighted by molar-refractivity contribution is -0.0527. The zero-order valence-corrected chi connectivity index (χ0v) is 29.4. The number of likely N-dealkylation sites (tertiary alicyclic amines) is 1. The lowest BCUT2D eigenvalue weighted by Gasteiger charge is -2.30. The van der Waals surface area contributed by atoms with Crippen molar-refractivity contribution in [1.82, 2.24) is 25.1 Å². The highest BCUT2D eigenvalue weighted by atomic mass is 32.1. The van der Waals surface area contributed by atoms with Crippen LogP contribution in [-0.4, -0.2) is 74.8 Å². The molecule has 2 N–H and O–H groups in total. The maximum atomic E-state index is 14.8. The standard InChI is InChI=1S/C36H34F3N7O3S2/c1-22-24-8-5-17-46(32(24)44-43-31(22)42-34-40-26-9-2-3-10-28(26)50-34)35-41-30(33(47)48)29(51-35)11-6-20-49-27-13-12-23(21-25(27)37)7-4-16-45-18-14-36(38,39)15-19-45/h2-3,9-10,12-13,21H,5-6,8,11,14-20H2,1H3,(H,47,48)(H,40,42,43). The maximum absolute atomic E-state index is 14.8. The molecule has 5 heterocycles. The number of aromatic nitrogens is 4. The number of hydrogen-bond acceptors (Lipinski definition) is 11. The molecule has 264 valence electrons. The predicted octanol–water partition coefficient (Wildman–Crippen LogP) is 7.61. The van der Waals surface area contributed by atoms with Crippen LogP contribution in [-0.2, 0) is 12.8 Å². The minimum Gasteiger partial charge on any atom is -0.491 e. The Bertz CT molecular complexity index is 2100. The number of rotatable bonds is 10. The Morgan fingerprint density at radius 3 is 2.71 bits per heavy atom. The van der Waals surface area contributed by atoms with E-state index in [0.717, 1.165) is 39.3 Å². The molecular weight excluding hydrogens is 700 g/mol. The van der Waals surface area contributed by atoms with Crippen molar-refractivity contribution < 1.29 is 27.8 Å². The van der Waals surface area contributed by atoms with Crippen molar-refractivity contribution in [3.63, 3.8) is 0 Å². The van der Waals surface area contributed by atoms with Gasteiger partial charge in [-0.1, -0.05) is 35.3 Å². The van der Waals surface area contributed by atoms with E-state index in [0.29, 0.717) is 53.1 Å². The van der Waals surface area contributed by atoms with Crippen LogP contribution in [0.5, 0.6) is 5.75 Å². The Morgan fingerprint density at radius 2 is 1.92 bits per heavy atom. The Labute approximate surface area is 300 Å². The summed E-state index contributed by atoms with van der Waals surface area (Å²) < 4.78 is 48.2. The summed E-state index contributed by atoms with van der Waals surface area (Å²) in [6, 6.07) is 12.4. The summed E-state index contributed by atoms with van der Waals surface area (Å²) >= 11 is 2.84. The number of anilines is 4. The van der Waals surface area contributed by atoms with E-state index < -0.39 is 17.7 Å². The number of carbonyl (C=O) groups is 1. The van der Waals surface area contributed by atoms with Crippen LogP contribution in [0, 0.1) is 24.6 Å². The van der Waals surface area contributed by atoms with E-state index in [1.54, 1.807) is 17.4 Å². The topological polar surface area (TPSA) is 117 Å². The molecule has 0 atom stereocenters. The van der Waals surface area contributed by atoms with Gasteiger partial charge in [0.1, 0.15) is 0 Å². The van der Waals surface area contributed by atoms with E-state index in [1.165, 1.54) is 23.5 Å². The first-order valence-corrected chi connectivity index (χ1v) is 18.3. The van der Waals surface area contributed by atoms with E-state index in [-0.39, 0.29) is 44.0 Å². The number of aryl methyl sites for hydroxylation is 1. The monoisotopic (exact) mass is 733 g/mol. The fourth-order valence-electron chi connectivity index (χ4n) is 6.10. The van der Waals surface area contributed by atoms with Gasteiger partial charge in [-0.15, -0.1) is 21.5 Å². The van der Waals surface area contributed by atoms with Crippen molar-refractivity contribution in [1.29, 1.82) is 0 Å². The molecule has 2 aliphatic rings. The van der Waals surface area contributed by atoms with Gasteiger partial charge in [-0.25, -0.2) is 27.9 Å². The number of nitrogens with zero attached hydrogens (tertiary/aromatic N) is 6. The number of nitrogens with one attached hydrogen (secondary N) is 1. The number of piperidine rings is 1. The van der Waals surface area contributed by atoms with Crippen LogP contribution >= 0.6 is 22.7 Å². The summed E-state index contributed by atoms with van der Waals surface area (Å²) in [6.07, 6.45) is 2.10. The molecule has 7 rings (SSSR count).